The second-order valence-electron chi connectivity index (χ2n) is 6.12. The van der Waals surface area contributed by atoms with Crippen LogP contribution >= 0.6 is 11.8 Å². The Morgan fingerprint density at radius 3 is 2.56 bits per heavy atom. The second-order valence-corrected chi connectivity index (χ2v) is 7.26. The Morgan fingerprint density at radius 1 is 1.07 bits per heavy atom. The van der Waals surface area contributed by atoms with Crippen LogP contribution < -0.4 is 4.90 Å². The lowest BCUT2D eigenvalue weighted by molar-refractivity contribution is 0.0986. The van der Waals surface area contributed by atoms with Gasteiger partial charge in [-0.2, -0.15) is 4.39 Å². The average molecular weight is 395 g/mol. The van der Waals surface area contributed by atoms with Crippen LogP contribution in [0.15, 0.2) is 33.6 Å². The molecule has 8 heteroatoms. The van der Waals surface area contributed by atoms with E-state index in [-0.39, 0.29) is 11.3 Å². The lowest BCUT2D eigenvalue weighted by atomic mass is 10.1. The van der Waals surface area contributed by atoms with Gasteiger partial charge in [-0.25, -0.2) is 13.2 Å². The molecule has 0 N–H and O–H groups in total. The van der Waals surface area contributed by atoms with Gasteiger partial charge in [-0.15, -0.1) is 11.8 Å². The number of nitrogens with zero attached hydrogens (tertiary/aromatic N) is 1. The van der Waals surface area contributed by atoms with E-state index in [1.807, 2.05) is 12.1 Å². The number of amides is 1. The minimum absolute atomic E-state index is 0.104. The van der Waals surface area contributed by atoms with E-state index in [9.17, 15) is 22.4 Å². The smallest absolute Gasteiger partial charge is 0.262 e. The molecule has 1 amide bonds. The monoisotopic (exact) mass is 395 g/mol. The third-order valence-electron chi connectivity index (χ3n) is 4.48. The Bertz CT molecular complexity index is 1080. The van der Waals surface area contributed by atoms with Crippen molar-refractivity contribution in [1.29, 1.82) is 0 Å². The number of halogens is 4. The Morgan fingerprint density at radius 2 is 1.78 bits per heavy atom. The molecule has 0 radical (unpaired) electrons. The molecule has 0 atom stereocenters. The molecule has 2 heterocycles. The highest BCUT2D eigenvalue weighted by Crippen LogP contribution is 2.38. The summed E-state index contributed by atoms with van der Waals surface area (Å²) in [5.41, 5.74) is -0.478. The van der Waals surface area contributed by atoms with Gasteiger partial charge < -0.3 is 9.32 Å². The summed E-state index contributed by atoms with van der Waals surface area (Å²) in [7, 11) is 0. The van der Waals surface area contributed by atoms with Gasteiger partial charge in [0.05, 0.1) is 16.6 Å². The lowest BCUT2D eigenvalue weighted by Crippen LogP contribution is -2.32. The number of benzene rings is 2. The third-order valence-corrected chi connectivity index (χ3v) is 5.63. The normalized spacial score (nSPS) is 14.3. The van der Waals surface area contributed by atoms with Crippen molar-refractivity contribution in [3.05, 3.63) is 58.9 Å². The van der Waals surface area contributed by atoms with Crippen LogP contribution in [0.3, 0.4) is 0 Å². The van der Waals surface area contributed by atoms with Gasteiger partial charge in [-0.3, -0.25) is 4.79 Å². The fourth-order valence-corrected chi connectivity index (χ4v) is 4.24. The molecule has 3 aromatic rings. The fourth-order valence-electron chi connectivity index (χ4n) is 3.24. The van der Waals surface area contributed by atoms with E-state index in [1.54, 1.807) is 23.9 Å². The van der Waals surface area contributed by atoms with E-state index in [0.717, 1.165) is 10.6 Å². The van der Waals surface area contributed by atoms with Gasteiger partial charge in [0.1, 0.15) is 5.76 Å². The van der Waals surface area contributed by atoms with E-state index in [1.165, 1.54) is 11.8 Å². The first-order chi connectivity index (χ1) is 12.9. The molecular formula is C19H13F4NO2S. The molecule has 0 aliphatic carbocycles. The van der Waals surface area contributed by atoms with Crippen LogP contribution in [0.2, 0.25) is 0 Å². The molecule has 140 valence electrons. The number of fused-ring (bicyclic) bond motifs is 2. The molecule has 27 heavy (non-hydrogen) atoms. The second kappa shape index (κ2) is 6.60. The van der Waals surface area contributed by atoms with Crippen LogP contribution in [0.5, 0.6) is 0 Å². The minimum atomic E-state index is -1.97. The highest BCUT2D eigenvalue weighted by molar-refractivity contribution is 7.99. The minimum Gasteiger partial charge on any atom is -0.457 e. The van der Waals surface area contributed by atoms with E-state index >= 15 is 0 Å². The van der Waals surface area contributed by atoms with E-state index in [2.05, 4.69) is 0 Å². The summed E-state index contributed by atoms with van der Waals surface area (Å²) in [6.07, 6.45) is 0.680. The lowest BCUT2D eigenvalue weighted by Gasteiger charge is -2.22. The predicted octanol–water partition coefficient (Wildman–Crippen LogP) is 5.44. The summed E-state index contributed by atoms with van der Waals surface area (Å²) in [6.45, 7) is 1.68. The van der Waals surface area contributed by atoms with Crippen molar-refractivity contribution in [1.82, 2.24) is 0 Å². The molecule has 0 spiro atoms. The van der Waals surface area contributed by atoms with Crippen LogP contribution in [0.4, 0.5) is 23.2 Å². The highest BCUT2D eigenvalue weighted by atomic mass is 32.2. The molecule has 4 rings (SSSR count). The van der Waals surface area contributed by atoms with E-state index < -0.39 is 40.1 Å². The topological polar surface area (TPSA) is 33.5 Å². The number of para-hydroxylation sites is 1. The van der Waals surface area contributed by atoms with Crippen molar-refractivity contribution >= 4 is 34.3 Å². The molecule has 3 nitrogen and oxygen atoms in total. The van der Waals surface area contributed by atoms with Crippen LogP contribution in [0, 0.1) is 30.2 Å². The average Bonchev–Trinajstić information content (AvgIpc) is 2.87. The van der Waals surface area contributed by atoms with Gasteiger partial charge >= 0.3 is 0 Å². The van der Waals surface area contributed by atoms with Crippen molar-refractivity contribution in [2.24, 2.45) is 0 Å². The standard InChI is InChI=1S/C19H13F4NO2S/c1-9-12(13-14(20)15(21)16(22)17(23)18(13)26-9)19(25)24-7-4-8-27-11-6-3-2-5-10(11)24/h2-3,5-6H,4,7-8H2,1H3. The maximum atomic E-state index is 14.4. The number of aryl methyl sites for hydroxylation is 1. The van der Waals surface area contributed by atoms with Gasteiger partial charge in [-0.1, -0.05) is 12.1 Å². The highest BCUT2D eigenvalue weighted by Gasteiger charge is 2.33. The number of thioether (sulfide) groups is 1. The van der Waals surface area contributed by atoms with Crippen molar-refractivity contribution < 1.29 is 26.8 Å². The maximum absolute atomic E-state index is 14.4. The molecular weight excluding hydrogens is 382 g/mol. The Labute approximate surface area is 155 Å². The SMILES string of the molecule is Cc1oc2c(F)c(F)c(F)c(F)c2c1C(=O)N1CCCSc2ccccc21. The van der Waals surface area contributed by atoms with Crippen molar-refractivity contribution in [3.63, 3.8) is 0 Å². The predicted molar refractivity (Wildman–Crippen MR) is 94.2 cm³/mol. The van der Waals surface area contributed by atoms with Crippen LogP contribution in [-0.2, 0) is 0 Å². The van der Waals surface area contributed by atoms with Crippen molar-refractivity contribution in [2.45, 2.75) is 18.2 Å². The molecule has 2 aromatic carbocycles. The number of carbonyl (C=O) groups excluding carboxylic acids is 1. The number of hydrogen-bond donors (Lipinski definition) is 0. The molecule has 0 saturated carbocycles. The number of hydrogen-bond acceptors (Lipinski definition) is 3. The van der Waals surface area contributed by atoms with Crippen molar-refractivity contribution in [3.8, 4) is 0 Å². The molecule has 0 unspecified atom stereocenters. The van der Waals surface area contributed by atoms with Gasteiger partial charge in [0.2, 0.25) is 11.6 Å². The molecule has 1 aromatic heterocycles. The number of rotatable bonds is 1. The summed E-state index contributed by atoms with van der Waals surface area (Å²) in [5.74, 6) is -7.20. The summed E-state index contributed by atoms with van der Waals surface area (Å²) >= 11 is 1.58. The summed E-state index contributed by atoms with van der Waals surface area (Å²) < 4.78 is 60.8. The number of anilines is 1. The number of furan rings is 1. The summed E-state index contributed by atoms with van der Waals surface area (Å²) in [4.78, 5) is 15.5. The zero-order valence-electron chi connectivity index (χ0n) is 14.1. The summed E-state index contributed by atoms with van der Waals surface area (Å²) in [5, 5.41) is -0.678. The van der Waals surface area contributed by atoms with Crippen LogP contribution in [0.1, 0.15) is 22.5 Å². The zero-order valence-corrected chi connectivity index (χ0v) is 14.9. The van der Waals surface area contributed by atoms with E-state index in [4.69, 9.17) is 4.42 Å². The Hall–Kier alpha value is -2.48. The van der Waals surface area contributed by atoms with Crippen LogP contribution in [0.25, 0.3) is 11.0 Å². The van der Waals surface area contributed by atoms with Gasteiger partial charge in [-0.05, 0) is 31.2 Å². The third kappa shape index (κ3) is 2.70. The quantitative estimate of drug-likeness (QED) is 0.313. The van der Waals surface area contributed by atoms with Gasteiger partial charge in [0.25, 0.3) is 5.91 Å². The van der Waals surface area contributed by atoms with Crippen molar-refractivity contribution in [2.75, 3.05) is 17.2 Å². The first-order valence-electron chi connectivity index (χ1n) is 8.20. The molecule has 1 aliphatic rings. The first kappa shape index (κ1) is 17.9. The van der Waals surface area contributed by atoms with Crippen LogP contribution in [-0.4, -0.2) is 18.2 Å². The Kier molecular flexibility index (Phi) is 4.38. The largest absolute Gasteiger partial charge is 0.457 e. The maximum Gasteiger partial charge on any atom is 0.262 e. The van der Waals surface area contributed by atoms with Gasteiger partial charge in [0.15, 0.2) is 17.2 Å². The fraction of sp³-hybridized carbons (Fsp3) is 0.211. The first-order valence-corrected chi connectivity index (χ1v) is 9.19. The van der Waals surface area contributed by atoms with Gasteiger partial charge in [0, 0.05) is 11.4 Å². The van der Waals surface area contributed by atoms with E-state index in [0.29, 0.717) is 18.7 Å². The zero-order chi connectivity index (χ0) is 19.3. The Balaban J connectivity index is 1.93. The molecule has 0 saturated heterocycles. The number of carbonyl (C=O) groups is 1. The molecule has 0 bridgehead atoms. The summed E-state index contributed by atoms with van der Waals surface area (Å²) in [6, 6.07) is 7.22. The molecule has 1 aliphatic heterocycles. The molecule has 0 fully saturated rings.